The third kappa shape index (κ3) is 1.94. The molecule has 0 amide bonds. The molecule has 0 aliphatic heterocycles. The van der Waals surface area contributed by atoms with Crippen LogP contribution in [0.3, 0.4) is 0 Å². The highest BCUT2D eigenvalue weighted by Gasteiger charge is 2.03. The fraction of sp³-hybridized carbons (Fsp3) is 0.0833. The van der Waals surface area contributed by atoms with Crippen LogP contribution in [0.4, 0.5) is 5.82 Å². The number of nitrogens with zero attached hydrogens (tertiary/aromatic N) is 4. The molecule has 0 atom stereocenters. The van der Waals surface area contributed by atoms with E-state index in [2.05, 4.69) is 32.6 Å². The lowest BCUT2D eigenvalue weighted by Gasteiger charge is -2.05. The molecule has 3 rings (SSSR count). The molecule has 0 aliphatic rings. The Balaban J connectivity index is 1.84. The molecule has 0 saturated carbocycles. The maximum Gasteiger partial charge on any atom is 0.203 e. The largest absolute Gasteiger partial charge is 0.363 e. The summed E-state index contributed by atoms with van der Waals surface area (Å²) < 4.78 is 1.83. The van der Waals surface area contributed by atoms with Crippen molar-refractivity contribution in [1.29, 1.82) is 0 Å². The molecule has 0 unspecified atom stereocenters. The van der Waals surface area contributed by atoms with Gasteiger partial charge in [0.1, 0.15) is 6.33 Å². The Morgan fingerprint density at radius 2 is 2.06 bits per heavy atom. The second kappa shape index (κ2) is 4.21. The van der Waals surface area contributed by atoms with Crippen LogP contribution >= 0.6 is 0 Å². The van der Waals surface area contributed by atoms with E-state index in [0.717, 1.165) is 18.0 Å². The first-order chi connectivity index (χ1) is 8.43. The van der Waals surface area contributed by atoms with Gasteiger partial charge in [0.25, 0.3) is 0 Å². The van der Waals surface area contributed by atoms with Crippen LogP contribution in [0.5, 0.6) is 0 Å². The molecule has 2 aromatic heterocycles. The van der Waals surface area contributed by atoms with Gasteiger partial charge in [-0.25, -0.2) is 4.98 Å². The van der Waals surface area contributed by atoms with Crippen LogP contribution in [0.15, 0.2) is 49.1 Å². The van der Waals surface area contributed by atoms with Crippen molar-refractivity contribution >= 4 is 11.5 Å². The van der Waals surface area contributed by atoms with E-state index in [1.54, 1.807) is 12.5 Å². The molecule has 0 fully saturated rings. The summed E-state index contributed by atoms with van der Waals surface area (Å²) in [6.07, 6.45) is 5.21. The Labute approximate surface area is 98.1 Å². The normalized spacial score (nSPS) is 10.6. The van der Waals surface area contributed by atoms with Crippen molar-refractivity contribution in [2.24, 2.45) is 0 Å². The first-order valence-corrected chi connectivity index (χ1v) is 5.35. The Morgan fingerprint density at radius 1 is 1.18 bits per heavy atom. The maximum atomic E-state index is 4.26. The smallest absolute Gasteiger partial charge is 0.203 e. The maximum absolute atomic E-state index is 4.26. The van der Waals surface area contributed by atoms with Crippen molar-refractivity contribution in [1.82, 2.24) is 19.6 Å². The second-order valence-corrected chi connectivity index (χ2v) is 3.68. The highest BCUT2D eigenvalue weighted by molar-refractivity contribution is 5.61. The van der Waals surface area contributed by atoms with E-state index in [9.17, 15) is 0 Å². The Morgan fingerprint density at radius 3 is 2.94 bits per heavy atom. The van der Waals surface area contributed by atoms with Crippen molar-refractivity contribution in [3.63, 3.8) is 0 Å². The van der Waals surface area contributed by atoms with Crippen molar-refractivity contribution in [2.45, 2.75) is 6.54 Å². The predicted molar refractivity (Wildman–Crippen MR) is 64.6 cm³/mol. The van der Waals surface area contributed by atoms with E-state index in [4.69, 9.17) is 0 Å². The highest BCUT2D eigenvalue weighted by atomic mass is 15.2. The van der Waals surface area contributed by atoms with E-state index in [1.165, 1.54) is 5.56 Å². The summed E-state index contributed by atoms with van der Waals surface area (Å²) in [5.74, 6) is 0.744. The molecule has 84 valence electrons. The average molecular weight is 225 g/mol. The van der Waals surface area contributed by atoms with Crippen LogP contribution in [0.2, 0.25) is 0 Å². The summed E-state index contributed by atoms with van der Waals surface area (Å²) in [7, 11) is 0. The molecule has 2 heterocycles. The zero-order valence-electron chi connectivity index (χ0n) is 9.11. The first kappa shape index (κ1) is 9.77. The fourth-order valence-corrected chi connectivity index (χ4v) is 1.66. The zero-order valence-corrected chi connectivity index (χ0v) is 9.11. The molecule has 0 spiro atoms. The lowest BCUT2D eigenvalue weighted by Crippen LogP contribution is -2.03. The van der Waals surface area contributed by atoms with E-state index >= 15 is 0 Å². The molecule has 1 aromatic carbocycles. The number of hydrogen-bond donors (Lipinski definition) is 1. The highest BCUT2D eigenvalue weighted by Crippen LogP contribution is 2.11. The van der Waals surface area contributed by atoms with Crippen LogP contribution in [-0.2, 0) is 6.54 Å². The van der Waals surface area contributed by atoms with Gasteiger partial charge in [-0.3, -0.25) is 4.40 Å². The molecule has 5 heteroatoms. The van der Waals surface area contributed by atoms with E-state index in [1.807, 2.05) is 28.8 Å². The van der Waals surface area contributed by atoms with Gasteiger partial charge in [0.15, 0.2) is 5.82 Å². The predicted octanol–water partition coefficient (Wildman–Crippen LogP) is 1.74. The Kier molecular flexibility index (Phi) is 2.42. The van der Waals surface area contributed by atoms with Gasteiger partial charge in [0, 0.05) is 18.9 Å². The van der Waals surface area contributed by atoms with Gasteiger partial charge in [-0.15, -0.1) is 10.2 Å². The lowest BCUT2D eigenvalue weighted by atomic mass is 10.2. The molecule has 0 radical (unpaired) electrons. The molecule has 1 N–H and O–H groups in total. The third-order valence-corrected chi connectivity index (χ3v) is 2.52. The summed E-state index contributed by atoms with van der Waals surface area (Å²) in [6, 6.07) is 10.2. The first-order valence-electron chi connectivity index (χ1n) is 5.35. The van der Waals surface area contributed by atoms with E-state index in [-0.39, 0.29) is 0 Å². The number of aromatic nitrogens is 4. The molecule has 0 aliphatic carbocycles. The van der Waals surface area contributed by atoms with Gasteiger partial charge in [0.2, 0.25) is 5.65 Å². The minimum atomic E-state index is 0.723. The molecule has 17 heavy (non-hydrogen) atoms. The summed E-state index contributed by atoms with van der Waals surface area (Å²) in [6.45, 7) is 0.723. The van der Waals surface area contributed by atoms with Gasteiger partial charge in [-0.1, -0.05) is 30.3 Å². The number of rotatable bonds is 3. The molecule has 0 saturated heterocycles. The minimum absolute atomic E-state index is 0.723. The van der Waals surface area contributed by atoms with Crippen LogP contribution < -0.4 is 5.32 Å². The lowest BCUT2D eigenvalue weighted by molar-refractivity contribution is 1.07. The van der Waals surface area contributed by atoms with Crippen LogP contribution in [0.25, 0.3) is 5.65 Å². The molecule has 0 bridgehead atoms. The van der Waals surface area contributed by atoms with Crippen LogP contribution in [0, 0.1) is 0 Å². The van der Waals surface area contributed by atoms with Gasteiger partial charge in [-0.2, -0.15) is 0 Å². The average Bonchev–Trinajstić information content (AvgIpc) is 2.86. The molecule has 3 aromatic rings. The van der Waals surface area contributed by atoms with Crippen LogP contribution in [-0.4, -0.2) is 19.6 Å². The van der Waals surface area contributed by atoms with Crippen molar-refractivity contribution in [3.05, 3.63) is 54.6 Å². The number of hydrogen-bond acceptors (Lipinski definition) is 4. The standard InChI is InChI=1S/C12H11N5/c1-2-4-10(5-3-1)8-14-11-12-16-15-9-17(12)7-6-13-11/h1-7,9H,8H2,(H,13,14). The molecular formula is C12H11N5. The minimum Gasteiger partial charge on any atom is -0.363 e. The zero-order chi connectivity index (χ0) is 11.5. The summed E-state index contributed by atoms with van der Waals surface area (Å²) in [4.78, 5) is 4.26. The van der Waals surface area contributed by atoms with Gasteiger partial charge in [0.05, 0.1) is 0 Å². The Hall–Kier alpha value is -2.43. The van der Waals surface area contributed by atoms with Crippen molar-refractivity contribution < 1.29 is 0 Å². The SMILES string of the molecule is c1ccc(CNc2nccn3cnnc23)cc1. The van der Waals surface area contributed by atoms with Gasteiger partial charge < -0.3 is 5.32 Å². The molecular weight excluding hydrogens is 214 g/mol. The van der Waals surface area contributed by atoms with Crippen molar-refractivity contribution in [3.8, 4) is 0 Å². The number of nitrogens with one attached hydrogen (secondary N) is 1. The molecule has 5 nitrogen and oxygen atoms in total. The van der Waals surface area contributed by atoms with Gasteiger partial charge in [-0.05, 0) is 5.56 Å². The summed E-state index contributed by atoms with van der Waals surface area (Å²) in [5, 5.41) is 11.1. The summed E-state index contributed by atoms with van der Waals surface area (Å²) in [5.41, 5.74) is 1.94. The third-order valence-electron chi connectivity index (χ3n) is 2.52. The number of anilines is 1. The van der Waals surface area contributed by atoms with Gasteiger partial charge >= 0.3 is 0 Å². The topological polar surface area (TPSA) is 55.1 Å². The quantitative estimate of drug-likeness (QED) is 0.737. The Bertz CT molecular complexity index is 617. The second-order valence-electron chi connectivity index (χ2n) is 3.68. The monoisotopic (exact) mass is 225 g/mol. The van der Waals surface area contributed by atoms with E-state index < -0.39 is 0 Å². The van der Waals surface area contributed by atoms with Crippen LogP contribution in [0.1, 0.15) is 5.56 Å². The fourth-order valence-electron chi connectivity index (χ4n) is 1.66. The van der Waals surface area contributed by atoms with Crippen molar-refractivity contribution in [2.75, 3.05) is 5.32 Å². The summed E-state index contributed by atoms with van der Waals surface area (Å²) >= 11 is 0. The van der Waals surface area contributed by atoms with E-state index in [0.29, 0.717) is 0 Å². The number of fused-ring (bicyclic) bond motifs is 1. The number of benzene rings is 1.